The molecule has 8 nitrogen and oxygen atoms in total. The molecule has 1 heterocycles. The minimum Gasteiger partial charge on any atom is -0.692 e. The molecule has 1 N–H and O–H groups in total. The monoisotopic (exact) mass is 326 g/mol. The molecular weight excluding hydrogens is 300 g/mol. The summed E-state index contributed by atoms with van der Waals surface area (Å²) >= 11 is 0. The molecule has 0 aliphatic carbocycles. The number of carbonyl (C=O) groups excluding carboxylic acids is 2. The summed E-state index contributed by atoms with van der Waals surface area (Å²) in [4.78, 5) is 27.2. The summed E-state index contributed by atoms with van der Waals surface area (Å²) in [5, 5.41) is 12.5. The van der Waals surface area contributed by atoms with Gasteiger partial charge in [-0.05, 0) is 34.1 Å². The van der Waals surface area contributed by atoms with Gasteiger partial charge in [-0.2, -0.15) is 9.64 Å². The predicted octanol–water partition coefficient (Wildman–Crippen LogP) is 1.56. The zero-order valence-corrected chi connectivity index (χ0v) is 14.9. The van der Waals surface area contributed by atoms with Crippen LogP contribution in [0.1, 0.15) is 55.9 Å². The number of ether oxygens (including phenoxy) is 1. The van der Waals surface area contributed by atoms with Crippen molar-refractivity contribution < 1.29 is 19.2 Å². The molecule has 1 aromatic rings. The Morgan fingerprint density at radius 1 is 1.35 bits per heavy atom. The van der Waals surface area contributed by atoms with Gasteiger partial charge in [0.05, 0.1) is 0 Å². The second kappa shape index (κ2) is 6.89. The molecule has 0 unspecified atom stereocenters. The smallest absolute Gasteiger partial charge is 0.524 e. The maximum atomic E-state index is 12.5. The van der Waals surface area contributed by atoms with Gasteiger partial charge in [-0.15, -0.1) is 0 Å². The summed E-state index contributed by atoms with van der Waals surface area (Å²) in [5.74, 6) is -0.278. The van der Waals surface area contributed by atoms with Crippen LogP contribution in [0.15, 0.2) is 0 Å². The van der Waals surface area contributed by atoms with E-state index in [4.69, 9.17) is 4.74 Å². The van der Waals surface area contributed by atoms with Crippen LogP contribution in [0, 0.1) is 12.1 Å². The maximum Gasteiger partial charge on any atom is 0.524 e. The molecule has 2 amide bonds. The standard InChI is InChI=1S/C15H26N4O4/c1-8-9-11-12(13(20)17(6)7)10(2)18(19(11)22)16-14(21)23-15(3,4)5/h8-9H2,1-7H3,(H,16,21). The van der Waals surface area contributed by atoms with E-state index >= 15 is 0 Å². The fourth-order valence-corrected chi connectivity index (χ4v) is 2.14. The maximum absolute atomic E-state index is 12.5. The Bertz CT molecular complexity index is 600. The molecule has 0 radical (unpaired) electrons. The molecule has 0 saturated heterocycles. The molecule has 0 spiro atoms. The van der Waals surface area contributed by atoms with E-state index in [0.29, 0.717) is 34.6 Å². The average molecular weight is 326 g/mol. The summed E-state index contributed by atoms with van der Waals surface area (Å²) < 4.78 is 5.15. The highest BCUT2D eigenvalue weighted by Crippen LogP contribution is 2.15. The first-order valence-corrected chi connectivity index (χ1v) is 7.55. The third-order valence-corrected chi connectivity index (χ3v) is 3.08. The topological polar surface area (TPSA) is 90.5 Å². The molecule has 0 saturated carbocycles. The molecule has 0 bridgehead atoms. The number of rotatable bonds is 4. The van der Waals surface area contributed by atoms with Crippen molar-refractivity contribution in [1.82, 2.24) is 9.69 Å². The Labute approximate surface area is 136 Å². The highest BCUT2D eigenvalue weighted by atomic mass is 16.6. The van der Waals surface area contributed by atoms with Crippen LogP contribution in [0.2, 0.25) is 0 Å². The van der Waals surface area contributed by atoms with Gasteiger partial charge in [0.15, 0.2) is 0 Å². The van der Waals surface area contributed by atoms with Crippen molar-refractivity contribution >= 4 is 12.0 Å². The van der Waals surface area contributed by atoms with Crippen molar-refractivity contribution in [1.29, 1.82) is 0 Å². The minimum absolute atomic E-state index is 0.278. The summed E-state index contributed by atoms with van der Waals surface area (Å²) in [6.07, 6.45) is 0.376. The van der Waals surface area contributed by atoms with Gasteiger partial charge < -0.3 is 14.8 Å². The molecule has 1 rings (SSSR count). The van der Waals surface area contributed by atoms with Crippen LogP contribution in [0.25, 0.3) is 0 Å². The van der Waals surface area contributed by atoms with E-state index in [-0.39, 0.29) is 5.91 Å². The van der Waals surface area contributed by atoms with E-state index in [9.17, 15) is 14.8 Å². The molecule has 130 valence electrons. The lowest BCUT2D eigenvalue weighted by Crippen LogP contribution is -2.48. The lowest BCUT2D eigenvalue weighted by molar-refractivity contribution is -0.696. The van der Waals surface area contributed by atoms with Gasteiger partial charge in [0.1, 0.15) is 22.6 Å². The Kier molecular flexibility index (Phi) is 5.63. The fourth-order valence-electron chi connectivity index (χ4n) is 2.14. The molecule has 0 aromatic carbocycles. The van der Waals surface area contributed by atoms with Crippen molar-refractivity contribution in [3.05, 3.63) is 22.2 Å². The highest BCUT2D eigenvalue weighted by Gasteiger charge is 2.30. The molecule has 1 aromatic heterocycles. The van der Waals surface area contributed by atoms with Crippen LogP contribution in [0.3, 0.4) is 0 Å². The highest BCUT2D eigenvalue weighted by molar-refractivity contribution is 5.96. The quantitative estimate of drug-likeness (QED) is 0.671. The zero-order valence-electron chi connectivity index (χ0n) is 14.9. The first-order valence-electron chi connectivity index (χ1n) is 7.55. The van der Waals surface area contributed by atoms with E-state index in [1.165, 1.54) is 4.90 Å². The summed E-state index contributed by atoms with van der Waals surface area (Å²) in [5.41, 5.74) is 2.71. The largest absolute Gasteiger partial charge is 0.692 e. The number of nitrogens with one attached hydrogen (secondary N) is 1. The lowest BCUT2D eigenvalue weighted by atomic mass is 10.1. The van der Waals surface area contributed by atoms with E-state index in [0.717, 1.165) is 4.79 Å². The van der Waals surface area contributed by atoms with Crippen molar-refractivity contribution in [3.63, 3.8) is 0 Å². The van der Waals surface area contributed by atoms with Gasteiger partial charge >= 0.3 is 6.09 Å². The van der Waals surface area contributed by atoms with Gasteiger partial charge in [0.2, 0.25) is 0 Å². The summed E-state index contributed by atoms with van der Waals surface area (Å²) in [7, 11) is 3.23. The Hall–Kier alpha value is -2.25. The molecule has 0 fully saturated rings. The van der Waals surface area contributed by atoms with Gasteiger partial charge in [-0.25, -0.2) is 0 Å². The average Bonchev–Trinajstić information content (AvgIpc) is 2.61. The van der Waals surface area contributed by atoms with Gasteiger partial charge in [-0.3, -0.25) is 4.79 Å². The van der Waals surface area contributed by atoms with Crippen LogP contribution < -0.4 is 10.3 Å². The van der Waals surface area contributed by atoms with Gasteiger partial charge in [0, 0.05) is 20.5 Å². The lowest BCUT2D eigenvalue weighted by Gasteiger charge is -2.18. The summed E-state index contributed by atoms with van der Waals surface area (Å²) in [6, 6.07) is 0. The molecule has 8 heteroatoms. The number of amides is 2. The first kappa shape index (κ1) is 18.8. The van der Waals surface area contributed by atoms with Crippen molar-refractivity contribution in [3.8, 4) is 0 Å². The zero-order chi connectivity index (χ0) is 17.9. The third-order valence-electron chi connectivity index (χ3n) is 3.08. The van der Waals surface area contributed by atoms with Crippen molar-refractivity contribution in [2.45, 2.75) is 53.1 Å². The molecule has 0 aliphatic rings. The molecule has 0 atom stereocenters. The van der Waals surface area contributed by atoms with E-state index in [1.807, 2.05) is 6.92 Å². The van der Waals surface area contributed by atoms with Crippen LogP contribution in [-0.2, 0) is 11.2 Å². The van der Waals surface area contributed by atoms with E-state index < -0.39 is 11.7 Å². The van der Waals surface area contributed by atoms with Crippen LogP contribution in [0.4, 0.5) is 4.79 Å². The Morgan fingerprint density at radius 3 is 2.35 bits per heavy atom. The SMILES string of the molecule is CCCc1c(C(=O)N(C)C)c(C)n(NC(=O)OC(C)(C)C)[n+]1[O-]. The van der Waals surface area contributed by atoms with Crippen LogP contribution in [-0.4, -0.2) is 41.4 Å². The van der Waals surface area contributed by atoms with Crippen molar-refractivity contribution in [2.24, 2.45) is 0 Å². The molecule has 0 aliphatic heterocycles. The number of hydrogen-bond acceptors (Lipinski definition) is 4. The fraction of sp³-hybridized carbons (Fsp3) is 0.667. The van der Waals surface area contributed by atoms with Crippen LogP contribution >= 0.6 is 0 Å². The Balaban J connectivity index is 3.26. The Morgan fingerprint density at radius 2 is 1.91 bits per heavy atom. The summed E-state index contributed by atoms with van der Waals surface area (Å²) in [6.45, 7) is 8.71. The third kappa shape index (κ3) is 4.37. The second-order valence-corrected chi connectivity index (χ2v) is 6.56. The van der Waals surface area contributed by atoms with Crippen molar-refractivity contribution in [2.75, 3.05) is 19.5 Å². The number of carbonyl (C=O) groups is 2. The molecular formula is C15H26N4O4. The predicted molar refractivity (Wildman–Crippen MR) is 85.7 cm³/mol. The van der Waals surface area contributed by atoms with E-state index in [2.05, 4.69) is 5.43 Å². The number of hydrogen-bond donors (Lipinski definition) is 1. The van der Waals surface area contributed by atoms with Gasteiger partial charge in [0.25, 0.3) is 5.91 Å². The second-order valence-electron chi connectivity index (χ2n) is 6.56. The van der Waals surface area contributed by atoms with E-state index in [1.54, 1.807) is 41.8 Å². The number of aromatic nitrogens is 2. The van der Waals surface area contributed by atoms with Crippen LogP contribution in [0.5, 0.6) is 0 Å². The minimum atomic E-state index is -0.757. The molecule has 23 heavy (non-hydrogen) atoms. The normalized spacial score (nSPS) is 11.3. The van der Waals surface area contributed by atoms with Gasteiger partial charge in [-0.1, -0.05) is 17.1 Å². The first-order chi connectivity index (χ1) is 10.5. The number of nitrogens with zero attached hydrogens (tertiary/aromatic N) is 3.